The Morgan fingerprint density at radius 1 is 0.776 bits per heavy atom. The summed E-state index contributed by atoms with van der Waals surface area (Å²) in [5.74, 6) is 0.648. The Morgan fingerprint density at radius 3 is 1.90 bits per heavy atom. The monoisotopic (exact) mass is 819 g/mol. The van der Waals surface area contributed by atoms with Crippen molar-refractivity contribution in [1.82, 2.24) is 19.5 Å². The smallest absolute Gasteiger partial charge is 0.497 e. The molecule has 1 saturated heterocycles. The fourth-order valence-electron chi connectivity index (χ4n) is 6.81. The van der Waals surface area contributed by atoms with Crippen molar-refractivity contribution >= 4 is 33.0 Å². The van der Waals surface area contributed by atoms with Gasteiger partial charge in [-0.05, 0) is 53.1 Å². The minimum Gasteiger partial charge on any atom is -0.497 e. The van der Waals surface area contributed by atoms with Gasteiger partial charge in [-0.3, -0.25) is 13.5 Å². The third-order valence-electron chi connectivity index (χ3n) is 9.62. The average Bonchev–Trinajstić information content (AvgIpc) is 3.83. The molecule has 0 saturated carbocycles. The Labute approximate surface area is 330 Å². The molecule has 0 spiro atoms. The summed E-state index contributed by atoms with van der Waals surface area (Å²) >= 11 is 0. The molecule has 1 amide bonds. The van der Waals surface area contributed by atoms with Gasteiger partial charge >= 0.3 is 15.6 Å². The van der Waals surface area contributed by atoms with Crippen molar-refractivity contribution < 1.29 is 54.3 Å². The molecule has 0 bridgehead atoms. The fraction of sp³-hybridized carbons (Fsp3) is 0.250. The molecule has 0 unspecified atom stereocenters. The van der Waals surface area contributed by atoms with Gasteiger partial charge in [0.1, 0.15) is 41.7 Å². The maximum Gasteiger partial charge on any atom is 0.523 e. The number of amides is 1. The van der Waals surface area contributed by atoms with Crippen LogP contribution >= 0.6 is 0 Å². The average molecular weight is 820 g/mol. The number of methoxy groups -OCH3 is 3. The largest absolute Gasteiger partial charge is 0.523 e. The van der Waals surface area contributed by atoms with E-state index in [2.05, 4.69) is 20.3 Å². The molecule has 1 aliphatic rings. The summed E-state index contributed by atoms with van der Waals surface area (Å²) in [6.45, 7) is -0.540. The highest BCUT2D eigenvalue weighted by molar-refractivity contribution is 7.87. The number of hydrogen-bond donors (Lipinski definition) is 1. The molecule has 14 nitrogen and oxygen atoms in total. The molecular weight excluding hydrogens is 784 g/mol. The van der Waals surface area contributed by atoms with E-state index in [0.717, 1.165) is 6.33 Å². The second-order valence-corrected chi connectivity index (χ2v) is 14.5. The van der Waals surface area contributed by atoms with Crippen molar-refractivity contribution in [3.8, 4) is 11.5 Å². The number of anilines is 1. The second kappa shape index (κ2) is 16.5. The zero-order valence-corrected chi connectivity index (χ0v) is 31.9. The molecule has 6 aromatic rings. The van der Waals surface area contributed by atoms with Crippen LogP contribution in [0.15, 0.2) is 122 Å². The predicted molar refractivity (Wildman–Crippen MR) is 203 cm³/mol. The lowest BCUT2D eigenvalue weighted by atomic mass is 9.80. The van der Waals surface area contributed by atoms with E-state index in [-0.39, 0.29) is 17.0 Å². The van der Waals surface area contributed by atoms with E-state index in [4.69, 9.17) is 27.9 Å². The summed E-state index contributed by atoms with van der Waals surface area (Å²) in [4.78, 5) is 25.8. The van der Waals surface area contributed by atoms with Crippen LogP contribution in [-0.4, -0.2) is 85.6 Å². The van der Waals surface area contributed by atoms with Crippen LogP contribution in [0.25, 0.3) is 11.2 Å². The quantitative estimate of drug-likeness (QED) is 0.0748. The van der Waals surface area contributed by atoms with Crippen LogP contribution in [0.5, 0.6) is 11.5 Å². The van der Waals surface area contributed by atoms with Gasteiger partial charge < -0.3 is 29.0 Å². The number of alkyl halides is 3. The normalized spacial score (nSPS) is 18.6. The van der Waals surface area contributed by atoms with Gasteiger partial charge in [0.05, 0.1) is 27.2 Å². The van der Waals surface area contributed by atoms with Crippen molar-refractivity contribution in [2.75, 3.05) is 33.3 Å². The molecular formula is C40H36F3N5O9S. The minimum atomic E-state index is -6.21. The van der Waals surface area contributed by atoms with Gasteiger partial charge in [0.15, 0.2) is 23.2 Å². The Morgan fingerprint density at radius 2 is 1.34 bits per heavy atom. The number of carbonyl (C=O) groups excluding carboxylic acids is 1. The number of rotatable bonds is 14. The van der Waals surface area contributed by atoms with E-state index in [1.807, 2.05) is 18.2 Å². The van der Waals surface area contributed by atoms with E-state index in [1.54, 1.807) is 91.0 Å². The van der Waals surface area contributed by atoms with Crippen LogP contribution in [-0.2, 0) is 34.1 Å². The minimum absolute atomic E-state index is 0.0310. The molecule has 2 aromatic heterocycles. The van der Waals surface area contributed by atoms with Gasteiger partial charge in [-0.25, -0.2) is 15.0 Å². The van der Waals surface area contributed by atoms with E-state index in [0.29, 0.717) is 33.8 Å². The van der Waals surface area contributed by atoms with Gasteiger partial charge in [0.25, 0.3) is 5.91 Å². The first kappa shape index (κ1) is 40.3. The molecule has 1 fully saturated rings. The highest BCUT2D eigenvalue weighted by Crippen LogP contribution is 2.44. The summed E-state index contributed by atoms with van der Waals surface area (Å²) in [5.41, 5.74) is -4.93. The lowest BCUT2D eigenvalue weighted by molar-refractivity contribution is -0.0959. The summed E-state index contributed by atoms with van der Waals surface area (Å²) in [6.07, 6.45) is -3.92. The zero-order chi connectivity index (χ0) is 41.1. The van der Waals surface area contributed by atoms with E-state index in [9.17, 15) is 26.4 Å². The van der Waals surface area contributed by atoms with E-state index in [1.165, 1.54) is 32.2 Å². The van der Waals surface area contributed by atoms with Crippen molar-refractivity contribution in [3.63, 3.8) is 0 Å². The topological polar surface area (TPSA) is 162 Å². The second-order valence-electron chi connectivity index (χ2n) is 12.9. The van der Waals surface area contributed by atoms with Crippen LogP contribution in [0.3, 0.4) is 0 Å². The van der Waals surface area contributed by atoms with Crippen LogP contribution < -0.4 is 14.8 Å². The summed E-state index contributed by atoms with van der Waals surface area (Å²) in [7, 11) is -2.00. The molecule has 4 aromatic carbocycles. The Hall–Kier alpha value is -5.92. The van der Waals surface area contributed by atoms with Crippen LogP contribution in [0.2, 0.25) is 0 Å². The van der Waals surface area contributed by atoms with Gasteiger partial charge in [0, 0.05) is 12.7 Å². The number of imidazole rings is 1. The summed E-state index contributed by atoms with van der Waals surface area (Å²) in [6, 6.07) is 31.4. The molecule has 0 aliphatic carbocycles. The Bertz CT molecular complexity index is 2410. The maximum atomic E-state index is 13.9. The van der Waals surface area contributed by atoms with Gasteiger partial charge in [-0.1, -0.05) is 72.8 Å². The number of nitrogens with zero attached hydrogens (tertiary/aromatic N) is 4. The number of carbonyl (C=O) groups is 1. The number of benzene rings is 4. The molecule has 302 valence electrons. The number of halogens is 3. The van der Waals surface area contributed by atoms with Crippen molar-refractivity contribution in [1.29, 1.82) is 0 Å². The molecule has 58 heavy (non-hydrogen) atoms. The third kappa shape index (κ3) is 7.71. The first-order valence-electron chi connectivity index (χ1n) is 17.6. The number of nitrogens with one attached hydrogen (secondary N) is 1. The number of ether oxygens (including phenoxy) is 5. The fourth-order valence-corrected chi connectivity index (χ4v) is 7.45. The first-order chi connectivity index (χ1) is 27.9. The Kier molecular flexibility index (Phi) is 11.5. The lowest BCUT2D eigenvalue weighted by Gasteiger charge is -2.37. The zero-order valence-electron chi connectivity index (χ0n) is 31.1. The van der Waals surface area contributed by atoms with E-state index < -0.39 is 58.3 Å². The summed E-state index contributed by atoms with van der Waals surface area (Å²) < 4.78 is 103. The first-order valence-corrected chi connectivity index (χ1v) is 19.0. The van der Waals surface area contributed by atoms with Gasteiger partial charge in [0.2, 0.25) is 0 Å². The van der Waals surface area contributed by atoms with Crippen LogP contribution in [0, 0.1) is 0 Å². The molecule has 4 atom stereocenters. The molecule has 1 aliphatic heterocycles. The SMILES string of the molecule is COc1ccc(C(OC[C@H]2O[C@@H](n3cnc4c(NC(=O)c5ccccc5)ncnc43)[C@H](OC)[C@@H]2OS(=O)(=O)C(F)(F)F)(c2ccccc2)c2ccc(OC)cc2)cc1. The standard InChI is InChI=1S/C40H36F3N5O9S/c1-52-29-18-14-27(15-19-29)39(26-12-8-5-9-13-26,28-16-20-30(53-2)21-17-28)55-22-31-33(57-58(50,51)40(41,42)43)34(54-3)38(56-31)48-24-46-32-35(44-23-45-36(32)48)47-37(49)25-10-6-4-7-11-25/h4-21,23-24,31,33-34,38H,22H2,1-3H3,(H,44,45,47,49)/t31-,33-,34-,38-/m1/s1. The van der Waals surface area contributed by atoms with E-state index >= 15 is 0 Å². The van der Waals surface area contributed by atoms with Crippen molar-refractivity contribution in [2.24, 2.45) is 0 Å². The van der Waals surface area contributed by atoms with Crippen molar-refractivity contribution in [2.45, 2.75) is 35.6 Å². The van der Waals surface area contributed by atoms with Crippen LogP contribution in [0.1, 0.15) is 33.3 Å². The molecule has 3 heterocycles. The molecule has 18 heteroatoms. The highest BCUT2D eigenvalue weighted by Gasteiger charge is 2.56. The molecule has 0 radical (unpaired) electrons. The lowest BCUT2D eigenvalue weighted by Crippen LogP contribution is -2.44. The number of aromatic nitrogens is 4. The van der Waals surface area contributed by atoms with Crippen molar-refractivity contribution in [3.05, 3.63) is 144 Å². The predicted octanol–water partition coefficient (Wildman–Crippen LogP) is 6.25. The maximum absolute atomic E-state index is 13.9. The number of hydrogen-bond acceptors (Lipinski definition) is 12. The Balaban J connectivity index is 1.31. The molecule has 1 N–H and O–H groups in total. The van der Waals surface area contributed by atoms with Gasteiger partial charge in [-0.15, -0.1) is 0 Å². The van der Waals surface area contributed by atoms with Gasteiger partial charge in [-0.2, -0.15) is 21.6 Å². The summed E-state index contributed by atoms with van der Waals surface area (Å²) in [5, 5.41) is 2.69. The number of fused-ring (bicyclic) bond motifs is 1. The molecule has 7 rings (SSSR count). The third-order valence-corrected chi connectivity index (χ3v) is 10.7. The van der Waals surface area contributed by atoms with Crippen LogP contribution in [0.4, 0.5) is 19.0 Å². The highest BCUT2D eigenvalue weighted by atomic mass is 32.2.